The van der Waals surface area contributed by atoms with Crippen molar-refractivity contribution in [2.75, 3.05) is 10.8 Å². The maximum atomic E-state index is 14.6. The molecule has 2 amide bonds. The third-order valence-corrected chi connectivity index (χ3v) is 8.07. The first-order valence-corrected chi connectivity index (χ1v) is 14.2. The molecule has 1 atom stereocenters. The summed E-state index contributed by atoms with van der Waals surface area (Å²) in [4.78, 5) is 28.1. The van der Waals surface area contributed by atoms with Crippen LogP contribution in [0.5, 0.6) is 0 Å². The van der Waals surface area contributed by atoms with E-state index in [0.717, 1.165) is 21.0 Å². The quantitative estimate of drug-likeness (QED) is 0.387. The Kier molecular flexibility index (Phi) is 9.50. The number of hydrogen-bond donors (Lipinski definition) is 1. The molecule has 0 heterocycles. The Morgan fingerprint density at radius 2 is 1.46 bits per heavy atom. The van der Waals surface area contributed by atoms with Gasteiger partial charge in [0.2, 0.25) is 11.8 Å². The molecule has 3 aromatic rings. The van der Waals surface area contributed by atoms with Crippen LogP contribution in [-0.2, 0) is 26.2 Å². The van der Waals surface area contributed by atoms with Gasteiger partial charge in [0, 0.05) is 18.2 Å². The molecule has 0 bridgehead atoms. The molecule has 0 unspecified atom stereocenters. The Balaban J connectivity index is 2.08. The van der Waals surface area contributed by atoms with Crippen LogP contribution in [0.4, 0.5) is 10.1 Å². The average molecular weight is 554 g/mol. The van der Waals surface area contributed by atoms with Crippen LogP contribution < -0.4 is 9.62 Å². The van der Waals surface area contributed by atoms with E-state index >= 15 is 0 Å². The van der Waals surface area contributed by atoms with Gasteiger partial charge in [-0.25, -0.2) is 12.8 Å². The lowest BCUT2D eigenvalue weighted by Gasteiger charge is -2.32. The highest BCUT2D eigenvalue weighted by molar-refractivity contribution is 7.92. The summed E-state index contributed by atoms with van der Waals surface area (Å²) in [6.45, 7) is 9.90. The van der Waals surface area contributed by atoms with Gasteiger partial charge in [-0.15, -0.1) is 0 Å². The standard InChI is InChI=1S/C30H36FN3O4S/c1-20(2)32-30(36)24(6)33(18-25-9-7-8-10-28(25)31)29(35)19-34(26-16-22(4)15-23(5)17-26)39(37,38)27-13-11-21(3)12-14-27/h7-17,20,24H,18-19H2,1-6H3,(H,32,36)/t24-/m1/s1. The van der Waals surface area contributed by atoms with Crippen molar-refractivity contribution in [2.45, 2.75) is 65.1 Å². The van der Waals surface area contributed by atoms with Crippen molar-refractivity contribution in [1.82, 2.24) is 10.2 Å². The number of halogens is 1. The Morgan fingerprint density at radius 1 is 0.872 bits per heavy atom. The number of nitrogens with one attached hydrogen (secondary N) is 1. The highest BCUT2D eigenvalue weighted by atomic mass is 32.2. The maximum absolute atomic E-state index is 14.6. The number of aryl methyl sites for hydroxylation is 3. The van der Waals surface area contributed by atoms with Crippen LogP contribution in [0.3, 0.4) is 0 Å². The molecule has 7 nitrogen and oxygen atoms in total. The number of rotatable bonds is 10. The average Bonchev–Trinajstić information content (AvgIpc) is 2.85. The van der Waals surface area contributed by atoms with E-state index in [1.807, 2.05) is 26.8 Å². The minimum absolute atomic E-state index is 0.0336. The summed E-state index contributed by atoms with van der Waals surface area (Å²) >= 11 is 0. The number of sulfonamides is 1. The molecule has 1 N–H and O–H groups in total. The molecule has 3 aromatic carbocycles. The van der Waals surface area contributed by atoms with E-state index in [4.69, 9.17) is 0 Å². The van der Waals surface area contributed by atoms with E-state index in [1.54, 1.807) is 51.1 Å². The molecular weight excluding hydrogens is 517 g/mol. The van der Waals surface area contributed by atoms with Gasteiger partial charge < -0.3 is 10.2 Å². The van der Waals surface area contributed by atoms with Crippen LogP contribution in [0.25, 0.3) is 0 Å². The zero-order chi connectivity index (χ0) is 28.9. The first-order chi connectivity index (χ1) is 18.3. The monoisotopic (exact) mass is 553 g/mol. The summed E-state index contributed by atoms with van der Waals surface area (Å²) in [5.74, 6) is -1.58. The lowest BCUT2D eigenvalue weighted by Crippen LogP contribution is -2.52. The first-order valence-electron chi connectivity index (χ1n) is 12.8. The van der Waals surface area contributed by atoms with E-state index in [0.29, 0.717) is 5.69 Å². The number of anilines is 1. The van der Waals surface area contributed by atoms with Crippen molar-refractivity contribution in [3.63, 3.8) is 0 Å². The van der Waals surface area contributed by atoms with Crippen LogP contribution in [-0.4, -0.2) is 43.8 Å². The lowest BCUT2D eigenvalue weighted by atomic mass is 10.1. The lowest BCUT2D eigenvalue weighted by molar-refractivity contribution is -0.139. The summed E-state index contributed by atoms with van der Waals surface area (Å²) < 4.78 is 43.5. The van der Waals surface area contributed by atoms with Crippen LogP contribution in [0.2, 0.25) is 0 Å². The molecule has 0 aliphatic heterocycles. The number of benzene rings is 3. The number of carbonyl (C=O) groups excluding carboxylic acids is 2. The number of carbonyl (C=O) groups is 2. The Labute approximate surface area is 230 Å². The molecule has 39 heavy (non-hydrogen) atoms. The summed E-state index contributed by atoms with van der Waals surface area (Å²) in [5.41, 5.74) is 3.09. The molecule has 3 rings (SSSR count). The highest BCUT2D eigenvalue weighted by Gasteiger charge is 2.33. The molecule has 0 aliphatic rings. The molecule has 0 aromatic heterocycles. The molecule has 0 radical (unpaired) electrons. The predicted molar refractivity (Wildman–Crippen MR) is 151 cm³/mol. The number of nitrogens with zero attached hydrogens (tertiary/aromatic N) is 2. The Hall–Kier alpha value is -3.72. The minimum Gasteiger partial charge on any atom is -0.352 e. The molecule has 0 saturated heterocycles. The maximum Gasteiger partial charge on any atom is 0.264 e. The van der Waals surface area contributed by atoms with Gasteiger partial charge in [0.15, 0.2) is 0 Å². The van der Waals surface area contributed by atoms with Gasteiger partial charge in [0.1, 0.15) is 18.4 Å². The fourth-order valence-electron chi connectivity index (χ4n) is 4.26. The van der Waals surface area contributed by atoms with E-state index in [1.165, 1.54) is 35.2 Å². The summed E-state index contributed by atoms with van der Waals surface area (Å²) in [5, 5.41) is 2.78. The highest BCUT2D eigenvalue weighted by Crippen LogP contribution is 2.27. The first kappa shape index (κ1) is 29.8. The van der Waals surface area contributed by atoms with Crippen LogP contribution in [0.15, 0.2) is 71.6 Å². The fraction of sp³-hybridized carbons (Fsp3) is 0.333. The van der Waals surface area contributed by atoms with Crippen LogP contribution in [0, 0.1) is 26.6 Å². The topological polar surface area (TPSA) is 86.8 Å². The van der Waals surface area contributed by atoms with Crippen molar-refractivity contribution in [2.24, 2.45) is 0 Å². The molecule has 0 spiro atoms. The van der Waals surface area contributed by atoms with Crippen molar-refractivity contribution < 1.29 is 22.4 Å². The molecular formula is C30H36FN3O4S. The zero-order valence-corrected chi connectivity index (χ0v) is 24.0. The van der Waals surface area contributed by atoms with Crippen LogP contribution in [0.1, 0.15) is 43.0 Å². The molecule has 9 heteroatoms. The Bertz CT molecular complexity index is 1420. The van der Waals surface area contributed by atoms with Gasteiger partial charge >= 0.3 is 0 Å². The van der Waals surface area contributed by atoms with E-state index in [2.05, 4.69) is 5.32 Å². The van der Waals surface area contributed by atoms with Crippen molar-refractivity contribution in [3.8, 4) is 0 Å². The largest absolute Gasteiger partial charge is 0.352 e. The van der Waals surface area contributed by atoms with Gasteiger partial charge in [-0.2, -0.15) is 0 Å². The molecule has 0 saturated carbocycles. The predicted octanol–water partition coefficient (Wildman–Crippen LogP) is 4.89. The summed E-state index contributed by atoms with van der Waals surface area (Å²) in [6.07, 6.45) is 0. The smallest absolute Gasteiger partial charge is 0.264 e. The minimum atomic E-state index is -4.17. The Morgan fingerprint density at radius 3 is 2.03 bits per heavy atom. The second kappa shape index (κ2) is 12.4. The molecule has 0 fully saturated rings. The molecule has 0 aliphatic carbocycles. The van der Waals surface area contributed by atoms with Crippen molar-refractivity contribution in [1.29, 1.82) is 0 Å². The van der Waals surface area contributed by atoms with E-state index in [9.17, 15) is 22.4 Å². The SMILES string of the molecule is Cc1ccc(S(=O)(=O)N(CC(=O)N(Cc2ccccc2F)[C@H](C)C(=O)NC(C)C)c2cc(C)cc(C)c2)cc1. The van der Waals surface area contributed by atoms with E-state index in [-0.39, 0.29) is 23.0 Å². The van der Waals surface area contributed by atoms with Gasteiger partial charge in [-0.3, -0.25) is 13.9 Å². The second-order valence-corrected chi connectivity index (χ2v) is 12.0. The fourth-order valence-corrected chi connectivity index (χ4v) is 5.66. The van der Waals surface area contributed by atoms with Gasteiger partial charge in [0.05, 0.1) is 10.6 Å². The van der Waals surface area contributed by atoms with Gasteiger partial charge in [-0.05, 0) is 83.0 Å². The third-order valence-electron chi connectivity index (χ3n) is 6.28. The molecule has 208 valence electrons. The summed E-state index contributed by atoms with van der Waals surface area (Å²) in [7, 11) is -4.17. The second-order valence-electron chi connectivity index (χ2n) is 10.1. The summed E-state index contributed by atoms with van der Waals surface area (Å²) in [6, 6.07) is 16.5. The van der Waals surface area contributed by atoms with Crippen LogP contribution >= 0.6 is 0 Å². The van der Waals surface area contributed by atoms with Crippen molar-refractivity contribution in [3.05, 3.63) is 94.8 Å². The number of amides is 2. The zero-order valence-electron chi connectivity index (χ0n) is 23.2. The van der Waals surface area contributed by atoms with Crippen molar-refractivity contribution >= 4 is 27.5 Å². The number of hydrogen-bond acceptors (Lipinski definition) is 4. The van der Waals surface area contributed by atoms with Gasteiger partial charge in [0.25, 0.3) is 10.0 Å². The normalized spacial score (nSPS) is 12.2. The van der Waals surface area contributed by atoms with Gasteiger partial charge in [-0.1, -0.05) is 42.0 Å². The van der Waals surface area contributed by atoms with E-state index < -0.39 is 40.2 Å². The third kappa shape index (κ3) is 7.44.